The summed E-state index contributed by atoms with van der Waals surface area (Å²) in [6.07, 6.45) is -1.68. The predicted molar refractivity (Wildman–Crippen MR) is 66.5 cm³/mol. The Morgan fingerprint density at radius 3 is 2.86 bits per heavy atom. The van der Waals surface area contributed by atoms with Crippen LogP contribution >= 0.6 is 0 Å². The van der Waals surface area contributed by atoms with Crippen molar-refractivity contribution in [2.75, 3.05) is 6.61 Å². The molecule has 21 heavy (non-hydrogen) atoms. The van der Waals surface area contributed by atoms with Gasteiger partial charge in [-0.3, -0.25) is 4.18 Å². The molecule has 116 valence electrons. The van der Waals surface area contributed by atoms with Gasteiger partial charge in [-0.1, -0.05) is 6.58 Å². The highest BCUT2D eigenvalue weighted by molar-refractivity contribution is 7.88. The van der Waals surface area contributed by atoms with E-state index in [1.54, 1.807) is 6.92 Å². The van der Waals surface area contributed by atoms with Crippen LogP contribution in [0, 0.1) is 0 Å². The fourth-order valence-corrected chi connectivity index (χ4v) is 4.59. The lowest BCUT2D eigenvalue weighted by atomic mass is 9.86. The molecule has 3 saturated heterocycles. The second-order valence-corrected chi connectivity index (χ2v) is 7.43. The van der Waals surface area contributed by atoms with Crippen LogP contribution in [0.5, 0.6) is 0 Å². The molecule has 0 aromatic rings. The van der Waals surface area contributed by atoms with Crippen molar-refractivity contribution in [2.24, 2.45) is 0 Å². The van der Waals surface area contributed by atoms with Crippen LogP contribution in [0.25, 0.3) is 0 Å². The summed E-state index contributed by atoms with van der Waals surface area (Å²) in [6.45, 7) is 4.19. The zero-order valence-corrected chi connectivity index (χ0v) is 12.0. The highest BCUT2D eigenvalue weighted by Gasteiger charge is 2.73. The summed E-state index contributed by atoms with van der Waals surface area (Å²) in [5, 5.41) is 0. The maximum absolute atomic E-state index is 12.0. The van der Waals surface area contributed by atoms with Crippen LogP contribution in [0.3, 0.4) is 0 Å². The van der Waals surface area contributed by atoms with Gasteiger partial charge in [-0.05, 0) is 6.92 Å². The second kappa shape index (κ2) is 4.52. The largest absolute Gasteiger partial charge is 0.454 e. The van der Waals surface area contributed by atoms with Crippen LogP contribution in [0.4, 0.5) is 0 Å². The van der Waals surface area contributed by atoms with E-state index in [2.05, 4.69) is 11.3 Å². The number of carbonyl (C=O) groups is 2. The molecule has 8 nitrogen and oxygen atoms in total. The van der Waals surface area contributed by atoms with Gasteiger partial charge in [-0.15, -0.1) is 0 Å². The third-order valence-corrected chi connectivity index (χ3v) is 6.11. The van der Waals surface area contributed by atoms with Gasteiger partial charge in [0.05, 0.1) is 6.10 Å². The molecule has 0 saturated carbocycles. The van der Waals surface area contributed by atoms with Crippen molar-refractivity contribution in [3.8, 4) is 0 Å². The standard InChI is InChI=1S/C12H14O8S/c1-3-7(13)17-5-8(14)19-9-6-4-12(2)11(18-6)10(9)20-21(12,15)16/h3,6,9-11H,1,4-5H2,2H3. The molecule has 3 fully saturated rings. The van der Waals surface area contributed by atoms with E-state index in [1.165, 1.54) is 0 Å². The quantitative estimate of drug-likeness (QED) is 0.380. The van der Waals surface area contributed by atoms with E-state index in [-0.39, 0.29) is 6.42 Å². The third kappa shape index (κ3) is 1.99. The van der Waals surface area contributed by atoms with Crippen molar-refractivity contribution in [3.05, 3.63) is 12.7 Å². The summed E-state index contributed by atoms with van der Waals surface area (Å²) in [5.41, 5.74) is 0. The van der Waals surface area contributed by atoms with Crippen LogP contribution in [0.1, 0.15) is 13.3 Å². The van der Waals surface area contributed by atoms with Crippen LogP contribution in [-0.2, 0) is 38.1 Å². The Morgan fingerprint density at radius 1 is 1.48 bits per heavy atom. The summed E-state index contributed by atoms with van der Waals surface area (Å²) in [4.78, 5) is 22.5. The SMILES string of the molecule is C=CC(=O)OCC(=O)OC1C2CC3(C)C(O2)C1OS3(=O)=O. The molecule has 0 aromatic carbocycles. The Morgan fingerprint density at radius 2 is 2.19 bits per heavy atom. The molecule has 2 bridgehead atoms. The molecular weight excluding hydrogens is 304 g/mol. The van der Waals surface area contributed by atoms with Crippen LogP contribution in [-0.4, -0.2) is 56.1 Å². The zero-order valence-electron chi connectivity index (χ0n) is 11.2. The van der Waals surface area contributed by atoms with Crippen molar-refractivity contribution in [1.29, 1.82) is 0 Å². The summed E-state index contributed by atoms with van der Waals surface area (Å²) in [6, 6.07) is 0. The molecule has 0 amide bonds. The minimum Gasteiger partial charge on any atom is -0.454 e. The first-order chi connectivity index (χ1) is 9.78. The average molecular weight is 318 g/mol. The van der Waals surface area contributed by atoms with E-state index in [1.807, 2.05) is 0 Å². The lowest BCUT2D eigenvalue weighted by Crippen LogP contribution is -2.47. The van der Waals surface area contributed by atoms with Gasteiger partial charge in [0.15, 0.2) is 12.7 Å². The molecule has 3 aliphatic heterocycles. The number of hydrogen-bond donors (Lipinski definition) is 0. The Kier molecular flexibility index (Phi) is 3.12. The molecule has 0 N–H and O–H groups in total. The molecular formula is C12H14O8S. The molecule has 0 spiro atoms. The van der Waals surface area contributed by atoms with Crippen LogP contribution in [0.15, 0.2) is 12.7 Å². The van der Waals surface area contributed by atoms with Crippen molar-refractivity contribution in [2.45, 2.75) is 42.5 Å². The fraction of sp³-hybridized carbons (Fsp3) is 0.667. The van der Waals surface area contributed by atoms with Crippen molar-refractivity contribution in [3.63, 3.8) is 0 Å². The Bertz CT molecular complexity index is 611. The van der Waals surface area contributed by atoms with Crippen LogP contribution < -0.4 is 0 Å². The molecule has 0 aromatic heterocycles. The number of ether oxygens (including phenoxy) is 3. The average Bonchev–Trinajstić information content (AvgIpc) is 2.96. The van der Waals surface area contributed by atoms with Gasteiger partial charge >= 0.3 is 11.9 Å². The number of rotatable bonds is 4. The Hall–Kier alpha value is -1.45. The maximum Gasteiger partial charge on any atom is 0.344 e. The molecule has 0 radical (unpaired) electrons. The monoisotopic (exact) mass is 318 g/mol. The van der Waals surface area contributed by atoms with Gasteiger partial charge in [-0.25, -0.2) is 9.59 Å². The molecule has 3 rings (SSSR count). The topological polar surface area (TPSA) is 105 Å². The lowest BCUT2D eigenvalue weighted by molar-refractivity contribution is -0.164. The highest BCUT2D eigenvalue weighted by atomic mass is 32.2. The van der Waals surface area contributed by atoms with Gasteiger partial charge in [0.2, 0.25) is 0 Å². The van der Waals surface area contributed by atoms with E-state index < -0.39 is 57.8 Å². The molecule has 5 unspecified atom stereocenters. The minimum atomic E-state index is -3.74. The Balaban J connectivity index is 1.66. The third-order valence-electron chi connectivity index (χ3n) is 4.09. The highest BCUT2D eigenvalue weighted by Crippen LogP contribution is 2.54. The van der Waals surface area contributed by atoms with Gasteiger partial charge in [-0.2, -0.15) is 8.42 Å². The van der Waals surface area contributed by atoms with Crippen molar-refractivity contribution in [1.82, 2.24) is 0 Å². The number of esters is 2. The minimum absolute atomic E-state index is 0.209. The predicted octanol–water partition coefficient (Wildman–Crippen LogP) is -0.714. The van der Waals surface area contributed by atoms with Gasteiger partial charge < -0.3 is 14.2 Å². The number of fused-ring (bicyclic) bond motifs is 1. The molecule has 3 heterocycles. The van der Waals surface area contributed by atoms with E-state index >= 15 is 0 Å². The van der Waals surface area contributed by atoms with Crippen LogP contribution in [0.2, 0.25) is 0 Å². The normalized spacial score (nSPS) is 41.8. The fourth-order valence-electron chi connectivity index (χ4n) is 3.02. The van der Waals surface area contributed by atoms with E-state index in [9.17, 15) is 18.0 Å². The number of hydrogen-bond acceptors (Lipinski definition) is 8. The molecule has 0 aliphatic carbocycles. The van der Waals surface area contributed by atoms with Gasteiger partial charge in [0.25, 0.3) is 10.1 Å². The molecule has 9 heteroatoms. The molecule has 3 aliphatic rings. The Labute approximate surface area is 121 Å². The second-order valence-electron chi connectivity index (χ2n) is 5.39. The number of carbonyl (C=O) groups excluding carboxylic acids is 2. The van der Waals surface area contributed by atoms with Crippen molar-refractivity contribution >= 4 is 22.1 Å². The molecule has 5 atom stereocenters. The van der Waals surface area contributed by atoms with Crippen molar-refractivity contribution < 1.29 is 36.4 Å². The maximum atomic E-state index is 12.0. The summed E-state index contributed by atoms with van der Waals surface area (Å²) in [7, 11) is -3.74. The summed E-state index contributed by atoms with van der Waals surface area (Å²) < 4.78 is 43.1. The van der Waals surface area contributed by atoms with E-state index in [4.69, 9.17) is 13.7 Å². The van der Waals surface area contributed by atoms with Gasteiger partial charge in [0, 0.05) is 12.5 Å². The lowest BCUT2D eigenvalue weighted by Gasteiger charge is -2.25. The first-order valence-corrected chi connectivity index (χ1v) is 7.76. The van der Waals surface area contributed by atoms with Gasteiger partial charge in [0.1, 0.15) is 17.0 Å². The first kappa shape index (κ1) is 14.5. The van der Waals surface area contributed by atoms with E-state index in [0.717, 1.165) is 6.08 Å². The first-order valence-electron chi connectivity index (χ1n) is 6.35. The van der Waals surface area contributed by atoms with E-state index in [0.29, 0.717) is 0 Å². The summed E-state index contributed by atoms with van der Waals surface area (Å²) >= 11 is 0. The smallest absolute Gasteiger partial charge is 0.344 e. The zero-order chi connectivity index (χ0) is 15.4. The summed E-state index contributed by atoms with van der Waals surface area (Å²) in [5.74, 6) is -1.54.